The van der Waals surface area contributed by atoms with Crippen molar-refractivity contribution in [2.24, 2.45) is 0 Å². The van der Waals surface area contributed by atoms with Crippen LogP contribution in [0.5, 0.6) is 28.7 Å². The molecule has 62 heavy (non-hydrogen) atoms. The van der Waals surface area contributed by atoms with E-state index in [0.717, 1.165) is 29.5 Å². The summed E-state index contributed by atoms with van der Waals surface area (Å²) in [6, 6.07) is 20.0. The number of rotatable bonds is 21. The van der Waals surface area contributed by atoms with Gasteiger partial charge in [-0.1, -0.05) is 6.07 Å². The van der Waals surface area contributed by atoms with Gasteiger partial charge in [0.25, 0.3) is 21.8 Å². The van der Waals surface area contributed by atoms with Gasteiger partial charge >= 0.3 is 7.60 Å². The number of anilines is 1. The van der Waals surface area contributed by atoms with Crippen LogP contribution in [-0.4, -0.2) is 103 Å². The number of nitriles is 1. The molecule has 1 unspecified atom stereocenters. The standard InChI is InChI=1S/C40H42FN6O12PS2/c1-55-32-11-7-26(17-34(32)57-3)39(49)43-13-15-47(16-14-44-40(50)27-8-12-33(56-2)35(18-27)58-4)23-37(48)46-29-9-5-25-19-38(61-36(25)20-29)62(53,54)45-24-60(51,52)59-30-10-6-28(22-42)31(41)21-30/h5-12,17-21,45H,13-16,23-24H2,1-4H3,(H,43,49)(H,44,50)(H,46,48)(H,51,52). The molecule has 0 saturated heterocycles. The predicted octanol–water partition coefficient (Wildman–Crippen LogP) is 4.55. The summed E-state index contributed by atoms with van der Waals surface area (Å²) < 4.78 is 81.1. The van der Waals surface area contributed by atoms with Crippen LogP contribution in [0.15, 0.2) is 83.1 Å². The lowest BCUT2D eigenvalue weighted by molar-refractivity contribution is -0.117. The summed E-state index contributed by atoms with van der Waals surface area (Å²) in [5, 5.41) is 17.8. The number of ether oxygens (including phenoxy) is 4. The number of amides is 3. The Morgan fingerprint density at radius 1 is 0.806 bits per heavy atom. The van der Waals surface area contributed by atoms with E-state index in [1.54, 1.807) is 53.4 Å². The number of halogens is 1. The first kappa shape index (κ1) is 46.8. The van der Waals surface area contributed by atoms with Crippen LogP contribution < -0.4 is 44.1 Å². The molecule has 0 saturated carbocycles. The lowest BCUT2D eigenvalue weighted by atomic mass is 10.2. The number of carbonyl (C=O) groups excluding carboxylic acids is 3. The number of nitrogens with zero attached hydrogens (tertiary/aromatic N) is 2. The molecule has 1 heterocycles. The molecule has 1 aromatic heterocycles. The third kappa shape index (κ3) is 12.4. The number of hydrogen-bond donors (Lipinski definition) is 5. The molecular formula is C40H42FN6O12PS2. The maximum Gasteiger partial charge on any atom is 0.391 e. The number of hydrogen-bond acceptors (Lipinski definition) is 14. The summed E-state index contributed by atoms with van der Waals surface area (Å²) in [4.78, 5) is 51.4. The van der Waals surface area contributed by atoms with E-state index < -0.39 is 47.4 Å². The van der Waals surface area contributed by atoms with E-state index in [4.69, 9.17) is 28.7 Å². The van der Waals surface area contributed by atoms with Gasteiger partial charge in [-0.25, -0.2) is 17.4 Å². The number of fused-ring (bicyclic) bond motifs is 1. The first-order valence-corrected chi connectivity index (χ1v) is 22.4. The van der Waals surface area contributed by atoms with Crippen LogP contribution in [0, 0.1) is 17.1 Å². The number of benzene rings is 4. The van der Waals surface area contributed by atoms with E-state index in [2.05, 4.69) is 16.0 Å². The molecule has 0 aliphatic heterocycles. The summed E-state index contributed by atoms with van der Waals surface area (Å²) in [6.45, 7) is 0.494. The summed E-state index contributed by atoms with van der Waals surface area (Å²) in [5.74, 6) is -0.929. The topological polar surface area (TPSA) is 244 Å². The quantitative estimate of drug-likeness (QED) is 0.0635. The van der Waals surface area contributed by atoms with Crippen molar-refractivity contribution in [3.8, 4) is 34.8 Å². The molecular weight excluding hydrogens is 871 g/mol. The van der Waals surface area contributed by atoms with Gasteiger partial charge in [-0.3, -0.25) is 19.3 Å². The summed E-state index contributed by atoms with van der Waals surface area (Å²) in [6.07, 6.45) is -1.04. The Morgan fingerprint density at radius 2 is 1.39 bits per heavy atom. The highest BCUT2D eigenvalue weighted by Gasteiger charge is 2.27. The van der Waals surface area contributed by atoms with Gasteiger partial charge in [0.2, 0.25) is 5.91 Å². The molecule has 5 aromatic rings. The maximum atomic E-state index is 13.9. The first-order valence-electron chi connectivity index (χ1n) is 18.4. The minimum Gasteiger partial charge on any atom is -0.493 e. The number of sulfonamides is 1. The average Bonchev–Trinajstić information content (AvgIpc) is 3.69. The Bertz CT molecular complexity index is 2580. The van der Waals surface area contributed by atoms with E-state index in [1.807, 2.05) is 4.72 Å². The summed E-state index contributed by atoms with van der Waals surface area (Å²) in [5.41, 5.74) is 0.680. The van der Waals surface area contributed by atoms with Gasteiger partial charge in [0, 0.05) is 53.8 Å². The van der Waals surface area contributed by atoms with Crippen LogP contribution in [0.2, 0.25) is 0 Å². The molecule has 5 rings (SSSR count). The fourth-order valence-electron chi connectivity index (χ4n) is 5.78. The van der Waals surface area contributed by atoms with Gasteiger partial charge in [0.15, 0.2) is 23.0 Å². The average molecular weight is 913 g/mol. The Labute approximate surface area is 360 Å². The van der Waals surface area contributed by atoms with Gasteiger partial charge in [0.05, 0.1) is 40.5 Å². The van der Waals surface area contributed by atoms with Crippen molar-refractivity contribution in [2.75, 3.05) is 72.8 Å². The SMILES string of the molecule is COc1ccc(C(=O)NCCN(CCNC(=O)c2ccc(OC)c(OC)c2)CC(=O)Nc2ccc3cc(S(=O)(=O)NCP(=O)(O)Oc4ccc(C#N)c(F)c4)sc3c2)cc1OC. The zero-order valence-corrected chi connectivity index (χ0v) is 36.2. The second-order valence-electron chi connectivity index (χ2n) is 13.1. The van der Waals surface area contributed by atoms with Gasteiger partial charge < -0.3 is 44.3 Å². The highest BCUT2D eigenvalue weighted by Crippen LogP contribution is 2.42. The zero-order valence-electron chi connectivity index (χ0n) is 33.7. The van der Waals surface area contributed by atoms with E-state index >= 15 is 0 Å². The number of carbonyl (C=O) groups is 3. The van der Waals surface area contributed by atoms with Crippen LogP contribution >= 0.6 is 18.9 Å². The minimum absolute atomic E-state index is 0.127. The van der Waals surface area contributed by atoms with E-state index in [1.165, 1.54) is 46.6 Å². The molecule has 0 spiro atoms. The summed E-state index contributed by atoms with van der Waals surface area (Å²) in [7, 11) is -3.12. The van der Waals surface area contributed by atoms with Gasteiger partial charge in [-0.05, 0) is 72.1 Å². The maximum absolute atomic E-state index is 13.9. The predicted molar refractivity (Wildman–Crippen MR) is 227 cm³/mol. The van der Waals surface area contributed by atoms with Crippen LogP contribution in [0.4, 0.5) is 10.1 Å². The van der Waals surface area contributed by atoms with Crippen LogP contribution in [0.3, 0.4) is 0 Å². The van der Waals surface area contributed by atoms with Gasteiger partial charge in [-0.15, -0.1) is 11.3 Å². The van der Waals surface area contributed by atoms with Crippen molar-refractivity contribution in [3.05, 3.63) is 101 Å². The van der Waals surface area contributed by atoms with Crippen LogP contribution in [-0.2, 0) is 19.4 Å². The van der Waals surface area contributed by atoms with Crippen molar-refractivity contribution in [2.45, 2.75) is 4.21 Å². The highest BCUT2D eigenvalue weighted by atomic mass is 32.2. The molecule has 328 valence electrons. The highest BCUT2D eigenvalue weighted by molar-refractivity contribution is 7.92. The Morgan fingerprint density at radius 3 is 1.92 bits per heavy atom. The minimum atomic E-state index is -4.66. The molecule has 0 bridgehead atoms. The monoisotopic (exact) mass is 912 g/mol. The molecule has 4 aromatic carbocycles. The van der Waals surface area contributed by atoms with Crippen molar-refractivity contribution >= 4 is 62.5 Å². The van der Waals surface area contributed by atoms with Crippen LogP contribution in [0.25, 0.3) is 10.1 Å². The molecule has 0 aliphatic carbocycles. The number of nitrogens with one attached hydrogen (secondary N) is 4. The third-order valence-corrected chi connectivity index (χ3v) is 13.1. The largest absolute Gasteiger partial charge is 0.493 e. The van der Waals surface area contributed by atoms with E-state index in [9.17, 15) is 36.7 Å². The Balaban J connectivity index is 1.22. The molecule has 0 aliphatic rings. The van der Waals surface area contributed by atoms with Crippen molar-refractivity contribution in [1.29, 1.82) is 5.26 Å². The van der Waals surface area contributed by atoms with E-state index in [0.29, 0.717) is 49.9 Å². The Hall–Kier alpha value is -6.27. The first-order chi connectivity index (χ1) is 29.6. The smallest absolute Gasteiger partial charge is 0.391 e. The number of thiophene rings is 1. The number of methoxy groups -OCH3 is 4. The van der Waals surface area contributed by atoms with Crippen LogP contribution in [0.1, 0.15) is 26.3 Å². The van der Waals surface area contributed by atoms with Gasteiger partial charge in [-0.2, -0.15) is 9.98 Å². The van der Waals surface area contributed by atoms with Gasteiger partial charge in [0.1, 0.15) is 28.1 Å². The summed E-state index contributed by atoms with van der Waals surface area (Å²) >= 11 is 0.838. The third-order valence-electron chi connectivity index (χ3n) is 8.90. The molecule has 22 heteroatoms. The van der Waals surface area contributed by atoms with Crippen molar-refractivity contribution in [1.82, 2.24) is 20.3 Å². The van der Waals surface area contributed by atoms with Crippen molar-refractivity contribution < 1.29 is 60.1 Å². The molecule has 3 amide bonds. The Kier molecular flexibility index (Phi) is 15.9. The molecule has 0 radical (unpaired) electrons. The molecule has 5 N–H and O–H groups in total. The lowest BCUT2D eigenvalue weighted by Gasteiger charge is -2.22. The molecule has 1 atom stereocenters. The molecule has 0 fully saturated rings. The lowest BCUT2D eigenvalue weighted by Crippen LogP contribution is -2.43. The fourth-order valence-corrected chi connectivity index (χ4v) is 9.77. The fraction of sp³-hybridized carbons (Fsp3) is 0.250. The second-order valence-corrected chi connectivity index (χ2v) is 17.9. The normalized spacial score (nSPS) is 12.2. The van der Waals surface area contributed by atoms with E-state index in [-0.39, 0.29) is 48.2 Å². The van der Waals surface area contributed by atoms with Crippen molar-refractivity contribution in [3.63, 3.8) is 0 Å². The second kappa shape index (κ2) is 21.0. The zero-order chi connectivity index (χ0) is 45.0. The molecule has 18 nitrogen and oxygen atoms in total.